The summed E-state index contributed by atoms with van der Waals surface area (Å²) in [6, 6.07) is 9.12. The lowest BCUT2D eigenvalue weighted by Crippen LogP contribution is -2.49. The van der Waals surface area contributed by atoms with Crippen LogP contribution in [0.1, 0.15) is 54.3 Å². The second kappa shape index (κ2) is 16.9. The summed E-state index contributed by atoms with van der Waals surface area (Å²) in [5, 5.41) is 24.9. The maximum Gasteiger partial charge on any atom is 0.345 e. The average molecular weight is 713 g/mol. The van der Waals surface area contributed by atoms with E-state index in [-0.39, 0.29) is 35.8 Å². The number of aromatic amines is 1. The van der Waals surface area contributed by atoms with Gasteiger partial charge in [0.15, 0.2) is 0 Å². The molecule has 3 aliphatic heterocycles. The molecule has 3 saturated heterocycles. The number of piperidine rings is 1. The number of aliphatic hydroxyl groups excluding tert-OH is 1. The van der Waals surface area contributed by atoms with Crippen LogP contribution in [0, 0.1) is 20.8 Å². The van der Waals surface area contributed by atoms with Gasteiger partial charge >= 0.3 is 17.1 Å². The van der Waals surface area contributed by atoms with Crippen molar-refractivity contribution in [1.82, 2.24) is 48.4 Å². The number of epoxide rings is 1. The van der Waals surface area contributed by atoms with Crippen molar-refractivity contribution < 1.29 is 19.3 Å². The molecule has 51 heavy (non-hydrogen) atoms. The van der Waals surface area contributed by atoms with Gasteiger partial charge in [0.05, 0.1) is 45.1 Å². The zero-order valence-electron chi connectivity index (χ0n) is 30.7. The fourth-order valence-electron chi connectivity index (χ4n) is 6.58. The summed E-state index contributed by atoms with van der Waals surface area (Å²) in [4.78, 5) is 36.4. The van der Waals surface area contributed by atoms with Crippen LogP contribution in [-0.2, 0) is 61.7 Å². The van der Waals surface area contributed by atoms with E-state index in [0.717, 1.165) is 38.1 Å². The van der Waals surface area contributed by atoms with Crippen molar-refractivity contribution in [3.05, 3.63) is 84.3 Å². The van der Waals surface area contributed by atoms with Gasteiger partial charge < -0.3 is 19.3 Å². The second-order valence-corrected chi connectivity index (χ2v) is 13.6. The predicted octanol–water partition coefficient (Wildman–Crippen LogP) is 0.316. The summed E-state index contributed by atoms with van der Waals surface area (Å²) >= 11 is 0. The van der Waals surface area contributed by atoms with Gasteiger partial charge in [-0.05, 0) is 57.6 Å². The maximum atomic E-state index is 12.2. The number of nitrogens with zero attached hydrogens (tertiary/aromatic N) is 9. The number of ether oxygens (including phenoxy) is 3. The molecule has 3 fully saturated rings. The summed E-state index contributed by atoms with van der Waals surface area (Å²) in [5.41, 5.74) is 1.95. The fourth-order valence-corrected chi connectivity index (χ4v) is 6.58. The summed E-state index contributed by atoms with van der Waals surface area (Å²) in [7, 11) is 6.80. The fraction of sp³-hybridized carbons (Fsp3) is 0.647. The highest BCUT2D eigenvalue weighted by Crippen LogP contribution is 2.37. The molecule has 17 heteroatoms. The molecule has 280 valence electrons. The Bertz CT molecular complexity index is 1900. The molecule has 4 aromatic rings. The molecular weight excluding hydrogens is 660 g/mol. The van der Waals surface area contributed by atoms with E-state index in [0.29, 0.717) is 50.0 Å². The van der Waals surface area contributed by atoms with E-state index >= 15 is 0 Å². The molecule has 4 unspecified atom stereocenters. The lowest BCUT2D eigenvalue weighted by Gasteiger charge is -2.39. The Kier molecular flexibility index (Phi) is 12.6. The molecule has 1 aromatic carbocycles. The molecule has 0 amide bonds. The third-order valence-electron chi connectivity index (χ3n) is 9.94. The third-order valence-corrected chi connectivity index (χ3v) is 9.94. The summed E-state index contributed by atoms with van der Waals surface area (Å²) in [6.45, 7) is 8.71. The SMILES string of the molecule is COCc1ccccc1COC1CC2CCC(C1)N2CC(O)Cn1nc(C)n(C)c1=O.Cc1n[nH]c(=O)n1C.Cc1nn(CC2CO2)c(=O)n1C. The first-order valence-electron chi connectivity index (χ1n) is 17.4. The first-order chi connectivity index (χ1) is 24.4. The number of hydrogen-bond acceptors (Lipinski definition) is 11. The highest BCUT2D eigenvalue weighted by atomic mass is 16.6. The Morgan fingerprint density at radius 2 is 1.43 bits per heavy atom. The van der Waals surface area contributed by atoms with E-state index in [4.69, 9.17) is 14.2 Å². The summed E-state index contributed by atoms with van der Waals surface area (Å²) in [6.07, 6.45) is 4.07. The minimum Gasteiger partial charge on any atom is -0.390 e. The molecule has 2 N–H and O–H groups in total. The van der Waals surface area contributed by atoms with Crippen LogP contribution in [0.4, 0.5) is 0 Å². The number of hydrogen-bond donors (Lipinski definition) is 2. The Labute approximate surface area is 296 Å². The van der Waals surface area contributed by atoms with Crippen LogP contribution < -0.4 is 17.1 Å². The predicted molar refractivity (Wildman–Crippen MR) is 187 cm³/mol. The Morgan fingerprint density at radius 3 is 1.88 bits per heavy atom. The molecule has 3 aliphatic rings. The molecular formula is C34H52N10O7. The first kappa shape index (κ1) is 38.1. The number of aromatic nitrogens is 9. The van der Waals surface area contributed by atoms with Crippen LogP contribution in [0.3, 0.4) is 0 Å². The van der Waals surface area contributed by atoms with Gasteiger partial charge in [-0.15, -0.1) is 0 Å². The van der Waals surface area contributed by atoms with E-state index in [1.54, 1.807) is 42.1 Å². The lowest BCUT2D eigenvalue weighted by atomic mass is 9.99. The van der Waals surface area contributed by atoms with Crippen molar-refractivity contribution in [3.8, 4) is 0 Å². The van der Waals surface area contributed by atoms with E-state index in [1.165, 1.54) is 34.2 Å². The van der Waals surface area contributed by atoms with Crippen molar-refractivity contribution in [2.75, 3.05) is 20.3 Å². The minimum atomic E-state index is -0.617. The van der Waals surface area contributed by atoms with E-state index in [9.17, 15) is 19.5 Å². The number of rotatable bonds is 11. The molecule has 4 atom stereocenters. The number of aryl methyl sites for hydroxylation is 3. The quantitative estimate of drug-likeness (QED) is 0.204. The Hall–Kier alpha value is -4.16. The molecule has 7 rings (SSSR count). The van der Waals surface area contributed by atoms with E-state index in [2.05, 4.69) is 37.4 Å². The highest BCUT2D eigenvalue weighted by molar-refractivity contribution is 5.25. The van der Waals surface area contributed by atoms with Crippen LogP contribution in [0.15, 0.2) is 38.6 Å². The normalized spacial score (nSPS) is 21.5. The van der Waals surface area contributed by atoms with Gasteiger partial charge in [-0.2, -0.15) is 15.3 Å². The Balaban J connectivity index is 0.000000203. The standard InChI is InChI=1S/C23H34N4O4.C7H11N3O2.C4H7N3O/c1-16-24-27(23(29)25(16)2)13-21(28)12-26-19-8-9-20(26)11-22(10-19)31-15-18-7-5-4-6-17(18)14-30-3;1-5-8-10(3-6-4-12-6)7(11)9(5)2;1-3-5-6-4(8)7(3)2/h4-7,19-22,28H,8-15H2,1-3H3;6H,3-4H2,1-2H3;1-2H3,(H,6,8). The zero-order valence-corrected chi connectivity index (χ0v) is 30.7. The smallest absolute Gasteiger partial charge is 0.345 e. The van der Waals surface area contributed by atoms with Gasteiger partial charge in [-0.3, -0.25) is 18.6 Å². The van der Waals surface area contributed by atoms with Gasteiger partial charge in [0.2, 0.25) is 0 Å². The van der Waals surface area contributed by atoms with Crippen molar-refractivity contribution in [1.29, 1.82) is 0 Å². The van der Waals surface area contributed by atoms with Crippen molar-refractivity contribution in [3.63, 3.8) is 0 Å². The van der Waals surface area contributed by atoms with Crippen LogP contribution in [0.25, 0.3) is 0 Å². The Morgan fingerprint density at radius 1 is 0.863 bits per heavy atom. The maximum absolute atomic E-state index is 12.2. The molecule has 0 saturated carbocycles. The van der Waals surface area contributed by atoms with Crippen molar-refractivity contribution >= 4 is 0 Å². The molecule has 3 aromatic heterocycles. The highest BCUT2D eigenvalue weighted by Gasteiger charge is 2.41. The molecule has 6 heterocycles. The summed E-state index contributed by atoms with van der Waals surface area (Å²) in [5.74, 6) is 2.10. The van der Waals surface area contributed by atoms with Crippen LogP contribution in [-0.4, -0.2) is 104 Å². The lowest BCUT2D eigenvalue weighted by molar-refractivity contribution is -0.0406. The van der Waals surface area contributed by atoms with E-state index < -0.39 is 6.10 Å². The third kappa shape index (κ3) is 9.59. The first-order valence-corrected chi connectivity index (χ1v) is 17.4. The van der Waals surface area contributed by atoms with Crippen LogP contribution >= 0.6 is 0 Å². The van der Waals surface area contributed by atoms with Gasteiger partial charge in [0.1, 0.15) is 23.6 Å². The van der Waals surface area contributed by atoms with Crippen molar-refractivity contribution in [2.45, 2.75) is 103 Å². The molecule has 2 bridgehead atoms. The van der Waals surface area contributed by atoms with Gasteiger partial charge in [0.25, 0.3) is 0 Å². The van der Waals surface area contributed by atoms with Crippen molar-refractivity contribution in [2.24, 2.45) is 21.1 Å². The van der Waals surface area contributed by atoms with Crippen LogP contribution in [0.2, 0.25) is 0 Å². The molecule has 0 radical (unpaired) electrons. The largest absolute Gasteiger partial charge is 0.390 e. The monoisotopic (exact) mass is 712 g/mol. The van der Waals surface area contributed by atoms with Gasteiger partial charge in [-0.25, -0.2) is 28.8 Å². The van der Waals surface area contributed by atoms with Gasteiger partial charge in [-0.1, -0.05) is 24.3 Å². The van der Waals surface area contributed by atoms with Crippen LogP contribution in [0.5, 0.6) is 0 Å². The molecule has 0 spiro atoms. The average Bonchev–Trinajstić information content (AvgIpc) is 3.73. The number of fused-ring (bicyclic) bond motifs is 2. The summed E-state index contributed by atoms with van der Waals surface area (Å²) < 4.78 is 23.9. The number of benzene rings is 1. The number of nitrogens with one attached hydrogen (secondary N) is 1. The number of methoxy groups -OCH3 is 1. The van der Waals surface area contributed by atoms with E-state index in [1.807, 2.05) is 19.1 Å². The zero-order chi connectivity index (χ0) is 36.8. The molecule has 17 nitrogen and oxygen atoms in total. The molecule has 0 aliphatic carbocycles. The van der Waals surface area contributed by atoms with Gasteiger partial charge in [0, 0.05) is 46.9 Å². The number of H-pyrrole nitrogens is 1. The topological polar surface area (TPSA) is 185 Å². The second-order valence-electron chi connectivity index (χ2n) is 13.6. The minimum absolute atomic E-state index is 0.0667. The number of aliphatic hydroxyl groups is 1.